The van der Waals surface area contributed by atoms with Gasteiger partial charge in [-0.15, -0.1) is 12.4 Å². The first-order chi connectivity index (χ1) is 9.51. The third kappa shape index (κ3) is 4.59. The Kier molecular flexibility index (Phi) is 6.97. The first kappa shape index (κ1) is 18.3. The van der Waals surface area contributed by atoms with Crippen molar-refractivity contribution < 1.29 is 14.3 Å². The van der Waals surface area contributed by atoms with E-state index in [4.69, 9.17) is 9.47 Å². The molecule has 1 fully saturated rings. The number of carbonyl (C=O) groups excluding carboxylic acids is 1. The second kappa shape index (κ2) is 8.01. The number of carbonyl (C=O) groups is 1. The number of ether oxygens (including phenoxy) is 2. The molecule has 0 aromatic heterocycles. The lowest BCUT2D eigenvalue weighted by Gasteiger charge is -2.18. The second-order valence-corrected chi connectivity index (χ2v) is 6.21. The maximum Gasteiger partial charge on any atom is 0.323 e. The summed E-state index contributed by atoms with van der Waals surface area (Å²) >= 11 is 3.49. The summed E-state index contributed by atoms with van der Waals surface area (Å²) in [7, 11) is 1.41. The molecule has 0 aliphatic carbocycles. The van der Waals surface area contributed by atoms with Gasteiger partial charge in [0.15, 0.2) is 0 Å². The predicted octanol–water partition coefficient (Wildman–Crippen LogP) is 3.28. The Labute approximate surface area is 140 Å². The minimum Gasteiger partial charge on any atom is -0.489 e. The smallest absolute Gasteiger partial charge is 0.323 e. The van der Waals surface area contributed by atoms with E-state index in [1.165, 1.54) is 12.7 Å². The van der Waals surface area contributed by atoms with Crippen LogP contribution in [-0.2, 0) is 9.53 Å². The van der Waals surface area contributed by atoms with Crippen molar-refractivity contribution in [2.75, 3.05) is 13.7 Å². The molecule has 0 amide bonds. The molecular weight excluding hydrogens is 358 g/mol. The van der Waals surface area contributed by atoms with E-state index in [9.17, 15) is 4.79 Å². The van der Waals surface area contributed by atoms with Crippen molar-refractivity contribution in [2.24, 2.45) is 0 Å². The van der Waals surface area contributed by atoms with E-state index in [1.807, 2.05) is 12.1 Å². The number of rotatable bonds is 4. The largest absolute Gasteiger partial charge is 0.489 e. The molecule has 0 unspecified atom stereocenters. The number of hydrogen-bond acceptors (Lipinski definition) is 4. The molecule has 1 saturated heterocycles. The average Bonchev–Trinajstić information content (AvgIpc) is 2.88. The van der Waals surface area contributed by atoms with Gasteiger partial charge < -0.3 is 14.8 Å². The van der Waals surface area contributed by atoms with Crippen LogP contribution in [0.25, 0.3) is 0 Å². The molecule has 1 heterocycles. The molecule has 1 aromatic rings. The van der Waals surface area contributed by atoms with Gasteiger partial charge in [0.25, 0.3) is 0 Å². The molecular formula is C15H21BrClNO3. The monoisotopic (exact) mass is 377 g/mol. The lowest BCUT2D eigenvalue weighted by Crippen LogP contribution is -2.31. The Bertz CT molecular complexity index is 496. The molecule has 1 aromatic carbocycles. The zero-order valence-corrected chi connectivity index (χ0v) is 14.8. The molecule has 118 valence electrons. The van der Waals surface area contributed by atoms with Crippen LogP contribution in [0.1, 0.15) is 31.7 Å². The van der Waals surface area contributed by atoms with Crippen LogP contribution >= 0.6 is 28.3 Å². The molecule has 0 spiro atoms. The van der Waals surface area contributed by atoms with Crippen LogP contribution in [0.4, 0.5) is 0 Å². The quantitative estimate of drug-likeness (QED) is 0.817. The average molecular weight is 379 g/mol. The summed E-state index contributed by atoms with van der Waals surface area (Å²) in [5.41, 5.74) is 1.17. The highest BCUT2D eigenvalue weighted by atomic mass is 79.9. The molecule has 0 bridgehead atoms. The van der Waals surface area contributed by atoms with Crippen LogP contribution in [0, 0.1) is 0 Å². The summed E-state index contributed by atoms with van der Waals surface area (Å²) in [4.78, 5) is 11.5. The highest BCUT2D eigenvalue weighted by molar-refractivity contribution is 9.10. The lowest BCUT2D eigenvalue weighted by atomic mass is 10.0. The van der Waals surface area contributed by atoms with Crippen molar-refractivity contribution >= 4 is 34.3 Å². The summed E-state index contributed by atoms with van der Waals surface area (Å²) < 4.78 is 11.9. The standard InChI is InChI=1S/C15H20BrNO3.ClH/c1-9(2)12-6-10(16)4-5-14(12)20-11-7-13(17-8-11)15(18)19-3;/h4-6,9,11,13,17H,7-8H2,1-3H3;1H/t11-,13+;/m1./s1. The van der Waals surface area contributed by atoms with Crippen molar-refractivity contribution in [2.45, 2.75) is 38.3 Å². The second-order valence-electron chi connectivity index (χ2n) is 5.30. The van der Waals surface area contributed by atoms with Crippen molar-refractivity contribution in [1.29, 1.82) is 0 Å². The Morgan fingerprint density at radius 2 is 2.14 bits per heavy atom. The first-order valence-corrected chi connectivity index (χ1v) is 7.58. The maximum absolute atomic E-state index is 11.5. The molecule has 1 N–H and O–H groups in total. The third-order valence-electron chi connectivity index (χ3n) is 3.46. The Morgan fingerprint density at radius 3 is 2.76 bits per heavy atom. The minimum atomic E-state index is -0.261. The number of nitrogens with one attached hydrogen (secondary N) is 1. The number of methoxy groups -OCH3 is 1. The Balaban J connectivity index is 0.00000220. The Hall–Kier alpha value is -0.780. The van der Waals surface area contributed by atoms with Crippen LogP contribution in [0.15, 0.2) is 22.7 Å². The fraction of sp³-hybridized carbons (Fsp3) is 0.533. The maximum atomic E-state index is 11.5. The van der Waals surface area contributed by atoms with Crippen LogP contribution in [-0.4, -0.2) is 31.8 Å². The van der Waals surface area contributed by atoms with E-state index in [-0.39, 0.29) is 30.5 Å². The van der Waals surface area contributed by atoms with Crippen molar-refractivity contribution in [1.82, 2.24) is 5.32 Å². The van der Waals surface area contributed by atoms with Gasteiger partial charge in [0.2, 0.25) is 0 Å². The van der Waals surface area contributed by atoms with E-state index >= 15 is 0 Å². The summed E-state index contributed by atoms with van der Waals surface area (Å²) in [6.07, 6.45) is 0.637. The fourth-order valence-electron chi connectivity index (χ4n) is 2.37. The highest BCUT2D eigenvalue weighted by Gasteiger charge is 2.31. The summed E-state index contributed by atoms with van der Waals surface area (Å²) in [6, 6.07) is 5.77. The van der Waals surface area contributed by atoms with Crippen LogP contribution in [0.5, 0.6) is 5.75 Å². The number of benzene rings is 1. The van der Waals surface area contributed by atoms with E-state index in [0.29, 0.717) is 18.9 Å². The number of halogens is 2. The normalized spacial score (nSPS) is 21.0. The van der Waals surface area contributed by atoms with Gasteiger partial charge in [0.1, 0.15) is 17.9 Å². The molecule has 6 heteroatoms. The lowest BCUT2D eigenvalue weighted by molar-refractivity contribution is -0.142. The molecule has 4 nitrogen and oxygen atoms in total. The molecule has 21 heavy (non-hydrogen) atoms. The van der Waals surface area contributed by atoms with E-state index in [1.54, 1.807) is 0 Å². The molecule has 2 atom stereocenters. The Morgan fingerprint density at radius 1 is 1.43 bits per heavy atom. The van der Waals surface area contributed by atoms with Gasteiger partial charge in [-0.2, -0.15) is 0 Å². The van der Waals surface area contributed by atoms with Crippen LogP contribution in [0.3, 0.4) is 0 Å². The van der Waals surface area contributed by atoms with Gasteiger partial charge in [0.05, 0.1) is 7.11 Å². The van der Waals surface area contributed by atoms with Crippen molar-refractivity contribution in [3.05, 3.63) is 28.2 Å². The van der Waals surface area contributed by atoms with Gasteiger partial charge >= 0.3 is 5.97 Å². The van der Waals surface area contributed by atoms with Gasteiger partial charge in [0, 0.05) is 17.4 Å². The number of hydrogen-bond donors (Lipinski definition) is 1. The molecule has 2 rings (SSSR count). The zero-order valence-electron chi connectivity index (χ0n) is 12.4. The van der Waals surface area contributed by atoms with Crippen molar-refractivity contribution in [3.63, 3.8) is 0 Å². The number of esters is 1. The topological polar surface area (TPSA) is 47.6 Å². The van der Waals surface area contributed by atoms with Crippen LogP contribution < -0.4 is 10.1 Å². The van der Waals surface area contributed by atoms with Crippen LogP contribution in [0.2, 0.25) is 0 Å². The molecule has 1 aliphatic rings. The van der Waals surface area contributed by atoms with Gasteiger partial charge in [-0.05, 0) is 29.7 Å². The minimum absolute atomic E-state index is 0. The van der Waals surface area contributed by atoms with Gasteiger partial charge in [-0.25, -0.2) is 0 Å². The van der Waals surface area contributed by atoms with E-state index < -0.39 is 0 Å². The summed E-state index contributed by atoms with van der Waals surface area (Å²) in [6.45, 7) is 4.94. The predicted molar refractivity (Wildman–Crippen MR) is 88.3 cm³/mol. The molecule has 1 aliphatic heterocycles. The van der Waals surface area contributed by atoms with Crippen molar-refractivity contribution in [3.8, 4) is 5.75 Å². The third-order valence-corrected chi connectivity index (χ3v) is 3.96. The fourth-order valence-corrected chi connectivity index (χ4v) is 2.75. The van der Waals surface area contributed by atoms with Gasteiger partial charge in [-0.3, -0.25) is 4.79 Å². The summed E-state index contributed by atoms with van der Waals surface area (Å²) in [5.74, 6) is 1.05. The molecule has 0 saturated carbocycles. The summed E-state index contributed by atoms with van der Waals surface area (Å²) in [5, 5.41) is 3.13. The zero-order chi connectivity index (χ0) is 14.7. The molecule has 0 radical (unpaired) electrons. The van der Waals surface area contributed by atoms with E-state index in [0.717, 1.165) is 10.2 Å². The highest BCUT2D eigenvalue weighted by Crippen LogP contribution is 2.31. The van der Waals surface area contributed by atoms with Gasteiger partial charge in [-0.1, -0.05) is 29.8 Å². The SMILES string of the molecule is COC(=O)[C@@H]1C[C@@H](Oc2ccc(Br)cc2C(C)C)CN1.Cl. The first-order valence-electron chi connectivity index (χ1n) is 6.78. The van der Waals surface area contributed by atoms with E-state index in [2.05, 4.69) is 41.2 Å².